The van der Waals surface area contributed by atoms with Crippen LogP contribution in [0.5, 0.6) is 5.75 Å². The zero-order valence-corrected chi connectivity index (χ0v) is 12.9. The Morgan fingerprint density at radius 1 is 1.00 bits per heavy atom. The fraction of sp³-hybridized carbons (Fsp3) is 0. The largest absolute Gasteiger partial charge is 0.506 e. The lowest BCUT2D eigenvalue weighted by Gasteiger charge is -2.15. The van der Waals surface area contributed by atoms with E-state index in [0.717, 1.165) is 6.20 Å². The minimum atomic E-state index is -4.01. The topological polar surface area (TPSA) is 89.9 Å². The maximum absolute atomic E-state index is 12.9. The highest BCUT2D eigenvalue weighted by atomic mass is 32.2. The zero-order chi connectivity index (χ0) is 17.3. The van der Waals surface area contributed by atoms with Gasteiger partial charge < -0.3 is 10.2 Å². The third-order valence-corrected chi connectivity index (χ3v) is 4.43. The predicted octanol–water partition coefficient (Wildman–Crippen LogP) is 1.94. The lowest BCUT2D eigenvalue weighted by Crippen LogP contribution is -2.29. The molecule has 2 aromatic rings. The summed E-state index contributed by atoms with van der Waals surface area (Å²) >= 11 is 0. The van der Waals surface area contributed by atoms with Gasteiger partial charge in [-0.25, -0.2) is 13.4 Å². The first-order valence-corrected chi connectivity index (χ1v) is 8.13. The van der Waals surface area contributed by atoms with Crippen LogP contribution in [0.25, 0.3) is 0 Å². The van der Waals surface area contributed by atoms with Gasteiger partial charge >= 0.3 is 10.2 Å². The molecule has 0 aromatic heterocycles. The fourth-order valence-corrected chi connectivity index (χ4v) is 3.10. The summed E-state index contributed by atoms with van der Waals surface area (Å²) in [4.78, 5) is 0. The van der Waals surface area contributed by atoms with Gasteiger partial charge in [-0.15, -0.1) is 0 Å². The SMILES string of the molecule is O=S1(=O)NC(O)=CN1c1cc(C#Cc2ccc(F)cc2)ccc1O. The monoisotopic (exact) mass is 346 g/mol. The Balaban J connectivity index is 1.97. The normalized spacial score (nSPS) is 15.2. The molecule has 0 aliphatic carbocycles. The smallest absolute Gasteiger partial charge is 0.330 e. The van der Waals surface area contributed by atoms with Crippen molar-refractivity contribution in [2.24, 2.45) is 0 Å². The molecule has 0 saturated carbocycles. The summed E-state index contributed by atoms with van der Waals surface area (Å²) in [5.41, 5.74) is 0.957. The lowest BCUT2D eigenvalue weighted by molar-refractivity contribution is 0.392. The van der Waals surface area contributed by atoms with E-state index >= 15 is 0 Å². The number of phenolic OH excluding ortho intramolecular Hbond substituents is 1. The first-order chi connectivity index (χ1) is 11.3. The van der Waals surface area contributed by atoms with Crippen molar-refractivity contribution in [3.63, 3.8) is 0 Å². The minimum absolute atomic E-state index is 0.0579. The molecule has 0 saturated heterocycles. The van der Waals surface area contributed by atoms with Crippen LogP contribution < -0.4 is 9.03 Å². The number of aromatic hydroxyl groups is 1. The van der Waals surface area contributed by atoms with Gasteiger partial charge in [0.1, 0.15) is 17.3 Å². The molecule has 0 radical (unpaired) electrons. The van der Waals surface area contributed by atoms with E-state index in [9.17, 15) is 23.0 Å². The summed E-state index contributed by atoms with van der Waals surface area (Å²) in [6, 6.07) is 9.75. The molecule has 0 amide bonds. The molecule has 8 heteroatoms. The summed E-state index contributed by atoms with van der Waals surface area (Å²) in [5, 5.41) is 19.2. The maximum Gasteiger partial charge on any atom is 0.330 e. The van der Waals surface area contributed by atoms with Gasteiger partial charge in [0.15, 0.2) is 0 Å². The Kier molecular flexibility index (Phi) is 3.79. The van der Waals surface area contributed by atoms with Crippen LogP contribution in [0.3, 0.4) is 0 Å². The molecule has 3 rings (SSSR count). The number of nitrogens with one attached hydrogen (secondary N) is 1. The van der Waals surface area contributed by atoms with Crippen LogP contribution in [-0.2, 0) is 10.2 Å². The maximum atomic E-state index is 12.9. The number of aliphatic hydroxyl groups excluding tert-OH is 1. The molecule has 0 spiro atoms. The quantitative estimate of drug-likeness (QED) is 0.689. The average molecular weight is 346 g/mol. The molecular formula is C16H11FN2O4S. The van der Waals surface area contributed by atoms with E-state index in [1.807, 2.05) is 4.72 Å². The number of rotatable bonds is 1. The standard InChI is InChI=1S/C16H11FN2O4S/c17-13-6-3-11(4-7-13)1-2-12-5-8-15(20)14(9-12)19-10-16(21)18-24(19,22)23/h3-10,18,20-21H. The van der Waals surface area contributed by atoms with E-state index in [0.29, 0.717) is 15.4 Å². The molecule has 2 aromatic carbocycles. The Morgan fingerprint density at radius 2 is 1.62 bits per heavy atom. The van der Waals surface area contributed by atoms with Gasteiger partial charge in [-0.3, -0.25) is 0 Å². The van der Waals surface area contributed by atoms with E-state index in [-0.39, 0.29) is 17.3 Å². The Morgan fingerprint density at radius 3 is 2.25 bits per heavy atom. The number of halogens is 1. The van der Waals surface area contributed by atoms with E-state index in [1.165, 1.54) is 42.5 Å². The zero-order valence-electron chi connectivity index (χ0n) is 12.1. The number of aliphatic hydroxyl groups is 1. The number of benzene rings is 2. The van der Waals surface area contributed by atoms with Crippen molar-refractivity contribution in [3.05, 3.63) is 71.5 Å². The summed E-state index contributed by atoms with van der Waals surface area (Å²) in [5.74, 6) is 4.39. The van der Waals surface area contributed by atoms with Crippen molar-refractivity contribution in [1.29, 1.82) is 0 Å². The molecule has 0 bridgehead atoms. The molecule has 1 heterocycles. The molecule has 1 aliphatic rings. The van der Waals surface area contributed by atoms with E-state index in [4.69, 9.17) is 0 Å². The Hall–Kier alpha value is -3.18. The molecular weight excluding hydrogens is 335 g/mol. The minimum Gasteiger partial charge on any atom is -0.506 e. The van der Waals surface area contributed by atoms with E-state index in [2.05, 4.69) is 11.8 Å². The second-order valence-electron chi connectivity index (χ2n) is 4.88. The van der Waals surface area contributed by atoms with Crippen molar-refractivity contribution in [1.82, 2.24) is 4.72 Å². The highest BCUT2D eigenvalue weighted by Crippen LogP contribution is 2.32. The van der Waals surface area contributed by atoms with Crippen LogP contribution >= 0.6 is 0 Å². The Labute approximate surface area is 137 Å². The number of phenols is 1. The third-order valence-electron chi connectivity index (χ3n) is 3.14. The van der Waals surface area contributed by atoms with Gasteiger partial charge in [0, 0.05) is 11.1 Å². The van der Waals surface area contributed by atoms with E-state index in [1.54, 1.807) is 0 Å². The van der Waals surface area contributed by atoms with Crippen molar-refractivity contribution in [2.45, 2.75) is 0 Å². The van der Waals surface area contributed by atoms with Crippen molar-refractivity contribution < 1.29 is 23.0 Å². The van der Waals surface area contributed by atoms with E-state index < -0.39 is 16.1 Å². The summed E-state index contributed by atoms with van der Waals surface area (Å²) in [6.07, 6.45) is 0.932. The first kappa shape index (κ1) is 15.7. The van der Waals surface area contributed by atoms with Gasteiger partial charge in [-0.2, -0.15) is 8.42 Å². The first-order valence-electron chi connectivity index (χ1n) is 6.69. The molecule has 122 valence electrons. The Bertz CT molecular complexity index is 989. The second kappa shape index (κ2) is 5.79. The van der Waals surface area contributed by atoms with Crippen LogP contribution in [0.4, 0.5) is 10.1 Å². The second-order valence-corrected chi connectivity index (χ2v) is 6.43. The molecule has 6 nitrogen and oxygen atoms in total. The van der Waals surface area contributed by atoms with Crippen LogP contribution in [0.15, 0.2) is 54.5 Å². The van der Waals surface area contributed by atoms with Crippen LogP contribution in [0.1, 0.15) is 11.1 Å². The highest BCUT2D eigenvalue weighted by Gasteiger charge is 2.30. The van der Waals surface area contributed by atoms with Gasteiger partial charge in [-0.05, 0) is 42.5 Å². The molecule has 3 N–H and O–H groups in total. The van der Waals surface area contributed by atoms with Crippen molar-refractivity contribution >= 4 is 15.9 Å². The summed E-state index contributed by atoms with van der Waals surface area (Å²) < 4.78 is 39.2. The molecule has 0 fully saturated rings. The predicted molar refractivity (Wildman–Crippen MR) is 85.7 cm³/mol. The number of hydrogen-bond acceptors (Lipinski definition) is 4. The van der Waals surface area contributed by atoms with Crippen molar-refractivity contribution in [2.75, 3.05) is 4.31 Å². The lowest BCUT2D eigenvalue weighted by atomic mass is 10.1. The molecule has 24 heavy (non-hydrogen) atoms. The third kappa shape index (κ3) is 3.11. The number of hydrogen-bond donors (Lipinski definition) is 3. The number of nitrogens with zero attached hydrogens (tertiary/aromatic N) is 1. The molecule has 0 atom stereocenters. The van der Waals surface area contributed by atoms with Crippen molar-refractivity contribution in [3.8, 4) is 17.6 Å². The van der Waals surface area contributed by atoms with Gasteiger partial charge in [0.2, 0.25) is 5.88 Å². The van der Waals surface area contributed by atoms with Gasteiger partial charge in [0.25, 0.3) is 0 Å². The highest BCUT2D eigenvalue weighted by molar-refractivity contribution is 7.91. The van der Waals surface area contributed by atoms with Crippen LogP contribution in [-0.4, -0.2) is 18.6 Å². The van der Waals surface area contributed by atoms with Gasteiger partial charge in [-0.1, -0.05) is 11.8 Å². The molecule has 0 unspecified atom stereocenters. The van der Waals surface area contributed by atoms with Gasteiger partial charge in [0.05, 0.1) is 6.20 Å². The fourth-order valence-electron chi connectivity index (χ4n) is 2.04. The number of anilines is 1. The van der Waals surface area contributed by atoms with Crippen LogP contribution in [0, 0.1) is 17.7 Å². The average Bonchev–Trinajstić information content (AvgIpc) is 2.80. The van der Waals surface area contributed by atoms with Crippen LogP contribution in [0.2, 0.25) is 0 Å². The summed E-state index contributed by atoms with van der Waals surface area (Å²) in [7, 11) is -4.01. The summed E-state index contributed by atoms with van der Waals surface area (Å²) in [6.45, 7) is 0. The molecule has 1 aliphatic heterocycles.